The second-order valence-corrected chi connectivity index (χ2v) is 1.80. The Balaban J connectivity index is 3.25. The molecule has 0 aromatic carbocycles. The van der Waals surface area contributed by atoms with Gasteiger partial charge in [-0.25, -0.2) is 0 Å². The summed E-state index contributed by atoms with van der Waals surface area (Å²) >= 11 is 0. The third kappa shape index (κ3) is 5.41. The highest BCUT2D eigenvalue weighted by Gasteiger charge is 1.77. The lowest BCUT2D eigenvalue weighted by molar-refractivity contribution is 0.833. The van der Waals surface area contributed by atoms with E-state index in [1.165, 1.54) is 6.21 Å². The number of rotatable bonds is 2. The Morgan fingerprint density at radius 3 is 2.14 bits per heavy atom. The molecule has 0 saturated heterocycles. The second kappa shape index (κ2) is 3.59. The highest BCUT2D eigenvalue weighted by molar-refractivity contribution is 5.67. The number of allylic oxidation sites excluding steroid dienone is 2. The topological polar surface area (TPSA) is 23.9 Å². The number of hydrogen-bond donors (Lipinski definition) is 1. The van der Waals surface area contributed by atoms with Gasteiger partial charge in [0.2, 0.25) is 0 Å². The molecule has 0 fully saturated rings. The molecule has 7 heavy (non-hydrogen) atoms. The van der Waals surface area contributed by atoms with Crippen LogP contribution >= 0.6 is 0 Å². The van der Waals surface area contributed by atoms with Crippen LogP contribution < -0.4 is 0 Å². The van der Waals surface area contributed by atoms with Crippen molar-refractivity contribution in [2.24, 2.45) is 5.92 Å². The van der Waals surface area contributed by atoms with Gasteiger partial charge in [0.05, 0.1) is 0 Å². The SMILES string of the molecule is CC(C)/C=C\C=N. The summed E-state index contributed by atoms with van der Waals surface area (Å²) in [4.78, 5) is 0. The fourth-order valence-corrected chi connectivity index (χ4v) is 0.278. The molecule has 0 aromatic rings. The summed E-state index contributed by atoms with van der Waals surface area (Å²) < 4.78 is 0. The van der Waals surface area contributed by atoms with E-state index in [0.29, 0.717) is 5.92 Å². The highest BCUT2D eigenvalue weighted by atomic mass is 14.3. The van der Waals surface area contributed by atoms with Crippen molar-refractivity contribution in [3.8, 4) is 0 Å². The van der Waals surface area contributed by atoms with Gasteiger partial charge in [-0.15, -0.1) is 0 Å². The maximum Gasteiger partial charge on any atom is 0.0174 e. The lowest BCUT2D eigenvalue weighted by atomic mass is 10.2. The molecule has 1 N–H and O–H groups in total. The summed E-state index contributed by atoms with van der Waals surface area (Å²) in [6, 6.07) is 0. The minimum atomic E-state index is 0.571. The van der Waals surface area contributed by atoms with Crippen LogP contribution in [0.1, 0.15) is 13.8 Å². The van der Waals surface area contributed by atoms with Gasteiger partial charge < -0.3 is 5.41 Å². The quantitative estimate of drug-likeness (QED) is 0.508. The fourth-order valence-electron chi connectivity index (χ4n) is 0.278. The number of nitrogens with one attached hydrogen (secondary N) is 1. The van der Waals surface area contributed by atoms with Gasteiger partial charge in [-0.3, -0.25) is 0 Å². The molecular formula is C6H11N. The first-order valence-electron chi connectivity index (χ1n) is 2.44. The summed E-state index contributed by atoms with van der Waals surface area (Å²) in [5.41, 5.74) is 0. The lowest BCUT2D eigenvalue weighted by Gasteiger charge is -1.87. The third-order valence-corrected chi connectivity index (χ3v) is 0.592. The van der Waals surface area contributed by atoms with Crippen molar-refractivity contribution in [3.63, 3.8) is 0 Å². The van der Waals surface area contributed by atoms with Crippen LogP contribution in [0.5, 0.6) is 0 Å². The summed E-state index contributed by atoms with van der Waals surface area (Å²) in [5.74, 6) is 0.571. The molecule has 0 radical (unpaired) electrons. The predicted molar refractivity (Wildman–Crippen MR) is 32.8 cm³/mol. The normalized spacial score (nSPS) is 10.7. The van der Waals surface area contributed by atoms with Crippen LogP contribution in [0, 0.1) is 11.3 Å². The Labute approximate surface area is 44.6 Å². The number of hydrogen-bond acceptors (Lipinski definition) is 1. The molecule has 0 atom stereocenters. The van der Waals surface area contributed by atoms with E-state index in [0.717, 1.165) is 0 Å². The van der Waals surface area contributed by atoms with Crippen LogP contribution in [0.15, 0.2) is 12.2 Å². The zero-order chi connectivity index (χ0) is 5.70. The van der Waals surface area contributed by atoms with Crippen LogP contribution in [0.2, 0.25) is 0 Å². The van der Waals surface area contributed by atoms with Gasteiger partial charge in [0.25, 0.3) is 0 Å². The van der Waals surface area contributed by atoms with Gasteiger partial charge in [0, 0.05) is 6.21 Å². The fraction of sp³-hybridized carbons (Fsp3) is 0.500. The maximum absolute atomic E-state index is 6.58. The molecule has 1 heteroatoms. The van der Waals surface area contributed by atoms with Gasteiger partial charge in [-0.1, -0.05) is 19.9 Å². The van der Waals surface area contributed by atoms with Crippen molar-refractivity contribution in [3.05, 3.63) is 12.2 Å². The Kier molecular flexibility index (Phi) is 3.29. The molecule has 0 aliphatic heterocycles. The Bertz CT molecular complexity index is 72.2. The molecule has 0 saturated carbocycles. The molecule has 0 spiro atoms. The molecule has 0 heterocycles. The first-order chi connectivity index (χ1) is 3.27. The molecule has 0 aliphatic carbocycles. The van der Waals surface area contributed by atoms with Crippen LogP contribution in [-0.2, 0) is 0 Å². The molecule has 0 rings (SSSR count). The van der Waals surface area contributed by atoms with Crippen LogP contribution in [0.4, 0.5) is 0 Å². The molecule has 0 aromatic heterocycles. The average Bonchev–Trinajstić information content (AvgIpc) is 1.61. The van der Waals surface area contributed by atoms with Gasteiger partial charge in [0.1, 0.15) is 0 Å². The summed E-state index contributed by atoms with van der Waals surface area (Å²) in [7, 11) is 0. The van der Waals surface area contributed by atoms with Gasteiger partial charge in [-0.2, -0.15) is 0 Å². The summed E-state index contributed by atoms with van der Waals surface area (Å²) in [6.45, 7) is 4.17. The minimum absolute atomic E-state index is 0.571. The molecule has 0 amide bonds. The predicted octanol–water partition coefficient (Wildman–Crippen LogP) is 1.85. The van der Waals surface area contributed by atoms with Crippen LogP contribution in [-0.4, -0.2) is 6.21 Å². The molecule has 1 nitrogen and oxygen atoms in total. The second-order valence-electron chi connectivity index (χ2n) is 1.80. The minimum Gasteiger partial charge on any atom is -0.309 e. The molecule has 0 unspecified atom stereocenters. The summed E-state index contributed by atoms with van der Waals surface area (Å²) in [6.07, 6.45) is 5.01. The van der Waals surface area contributed by atoms with Crippen molar-refractivity contribution >= 4 is 6.21 Å². The Hall–Kier alpha value is -0.590. The van der Waals surface area contributed by atoms with Crippen molar-refractivity contribution in [1.29, 1.82) is 5.41 Å². The monoisotopic (exact) mass is 97.1 g/mol. The smallest absolute Gasteiger partial charge is 0.0174 e. The van der Waals surface area contributed by atoms with E-state index >= 15 is 0 Å². The zero-order valence-corrected chi connectivity index (χ0v) is 4.81. The third-order valence-electron chi connectivity index (χ3n) is 0.592. The first kappa shape index (κ1) is 6.41. The van der Waals surface area contributed by atoms with E-state index in [2.05, 4.69) is 13.8 Å². The first-order valence-corrected chi connectivity index (χ1v) is 2.44. The molecule has 0 bridgehead atoms. The van der Waals surface area contributed by atoms with Gasteiger partial charge in [-0.05, 0) is 12.0 Å². The van der Waals surface area contributed by atoms with Gasteiger partial charge in [0.15, 0.2) is 0 Å². The maximum atomic E-state index is 6.58. The zero-order valence-electron chi connectivity index (χ0n) is 4.81. The van der Waals surface area contributed by atoms with Gasteiger partial charge >= 0.3 is 0 Å². The van der Waals surface area contributed by atoms with Crippen molar-refractivity contribution < 1.29 is 0 Å². The molecule has 0 aliphatic rings. The van der Waals surface area contributed by atoms with Crippen molar-refractivity contribution in [1.82, 2.24) is 0 Å². The van der Waals surface area contributed by atoms with E-state index in [9.17, 15) is 0 Å². The van der Waals surface area contributed by atoms with Crippen LogP contribution in [0.25, 0.3) is 0 Å². The van der Waals surface area contributed by atoms with Crippen molar-refractivity contribution in [2.45, 2.75) is 13.8 Å². The van der Waals surface area contributed by atoms with Crippen molar-refractivity contribution in [2.75, 3.05) is 0 Å². The largest absolute Gasteiger partial charge is 0.309 e. The summed E-state index contributed by atoms with van der Waals surface area (Å²) in [5, 5.41) is 6.58. The molecule has 40 valence electrons. The van der Waals surface area contributed by atoms with E-state index in [1.54, 1.807) is 6.08 Å². The van der Waals surface area contributed by atoms with E-state index in [-0.39, 0.29) is 0 Å². The standard InChI is InChI=1S/C6H11N/c1-6(2)4-3-5-7/h3-7H,1-2H3/b4-3-,7-5?. The van der Waals surface area contributed by atoms with Crippen LogP contribution in [0.3, 0.4) is 0 Å². The Morgan fingerprint density at radius 2 is 2.00 bits per heavy atom. The van der Waals surface area contributed by atoms with E-state index in [1.807, 2.05) is 6.08 Å². The average molecular weight is 97.2 g/mol. The van der Waals surface area contributed by atoms with E-state index < -0.39 is 0 Å². The lowest BCUT2D eigenvalue weighted by Crippen LogP contribution is -1.75. The molecular weight excluding hydrogens is 86.1 g/mol. The highest BCUT2D eigenvalue weighted by Crippen LogP contribution is 1.90. The Morgan fingerprint density at radius 1 is 1.43 bits per heavy atom. The van der Waals surface area contributed by atoms with E-state index in [4.69, 9.17) is 5.41 Å².